The molecule has 0 radical (unpaired) electrons. The number of H-pyrrole nitrogens is 1. The molecule has 0 saturated heterocycles. The predicted molar refractivity (Wildman–Crippen MR) is 140 cm³/mol. The average molecular weight is 496 g/mol. The van der Waals surface area contributed by atoms with Crippen LogP contribution in [-0.4, -0.2) is 28.7 Å². The molecular weight excluding hydrogens is 468 g/mol. The third-order valence-corrected chi connectivity index (χ3v) is 6.50. The number of anilines is 1. The summed E-state index contributed by atoms with van der Waals surface area (Å²) >= 11 is 0. The van der Waals surface area contributed by atoms with E-state index in [-0.39, 0.29) is 22.4 Å². The lowest BCUT2D eigenvalue weighted by Crippen LogP contribution is -2.40. The smallest absolute Gasteiger partial charge is 0.331 e. The van der Waals surface area contributed by atoms with Gasteiger partial charge >= 0.3 is 5.91 Å². The Hall–Kier alpha value is -4.72. The summed E-state index contributed by atoms with van der Waals surface area (Å²) in [4.78, 5) is 42.9. The number of amides is 2. The largest absolute Gasteiger partial charge is 0.497 e. The second kappa shape index (κ2) is 9.73. The molecule has 0 saturated carbocycles. The highest BCUT2D eigenvalue weighted by Crippen LogP contribution is 2.34. The maximum absolute atomic E-state index is 14.0. The van der Waals surface area contributed by atoms with Gasteiger partial charge in [0.15, 0.2) is 12.4 Å². The van der Waals surface area contributed by atoms with E-state index >= 15 is 0 Å². The summed E-state index contributed by atoms with van der Waals surface area (Å²) in [5.41, 5.74) is 2.63. The van der Waals surface area contributed by atoms with Crippen LogP contribution in [0.3, 0.4) is 0 Å². The summed E-state index contributed by atoms with van der Waals surface area (Å²) in [5, 5.41) is 3.15. The second-order valence-electron chi connectivity index (χ2n) is 8.64. The first-order chi connectivity index (χ1) is 18.0. The maximum atomic E-state index is 14.0. The molecule has 2 aromatic carbocycles. The van der Waals surface area contributed by atoms with Gasteiger partial charge in [0.25, 0.3) is 17.2 Å². The van der Waals surface area contributed by atoms with E-state index in [9.17, 15) is 14.4 Å². The van der Waals surface area contributed by atoms with Crippen LogP contribution in [0.4, 0.5) is 5.69 Å². The number of aromatic nitrogens is 3. The molecular formula is C29H27N4O4+. The molecule has 186 valence electrons. The van der Waals surface area contributed by atoms with Crippen molar-refractivity contribution in [2.75, 3.05) is 12.0 Å². The van der Waals surface area contributed by atoms with Crippen molar-refractivity contribution in [2.24, 2.45) is 0 Å². The number of ether oxygens (including phenoxy) is 1. The van der Waals surface area contributed by atoms with Gasteiger partial charge in [0.2, 0.25) is 0 Å². The first-order valence-corrected chi connectivity index (χ1v) is 12.2. The van der Waals surface area contributed by atoms with Crippen molar-refractivity contribution in [1.82, 2.24) is 9.78 Å². The number of nitrogens with zero attached hydrogens (tertiary/aromatic N) is 3. The molecule has 8 nitrogen and oxygen atoms in total. The van der Waals surface area contributed by atoms with E-state index in [0.29, 0.717) is 29.2 Å². The minimum atomic E-state index is -0.550. The van der Waals surface area contributed by atoms with E-state index in [1.54, 1.807) is 54.3 Å². The van der Waals surface area contributed by atoms with Crippen molar-refractivity contribution in [2.45, 2.75) is 26.7 Å². The zero-order chi connectivity index (χ0) is 26.1. The van der Waals surface area contributed by atoms with Crippen molar-refractivity contribution in [3.63, 3.8) is 0 Å². The fourth-order valence-corrected chi connectivity index (χ4v) is 4.58. The monoisotopic (exact) mass is 495 g/mol. The van der Waals surface area contributed by atoms with Gasteiger partial charge in [-0.25, -0.2) is 9.58 Å². The second-order valence-corrected chi connectivity index (χ2v) is 8.64. The van der Waals surface area contributed by atoms with Crippen LogP contribution in [0.5, 0.6) is 5.75 Å². The van der Waals surface area contributed by atoms with Crippen LogP contribution < -0.4 is 19.8 Å². The molecule has 1 N–H and O–H groups in total. The molecule has 2 aromatic heterocycles. The Labute approximate surface area is 214 Å². The van der Waals surface area contributed by atoms with Crippen molar-refractivity contribution in [3.8, 4) is 11.4 Å². The van der Waals surface area contributed by atoms with Gasteiger partial charge in [-0.1, -0.05) is 32.0 Å². The van der Waals surface area contributed by atoms with E-state index in [0.717, 1.165) is 16.9 Å². The number of para-hydroxylation sites is 1. The predicted octanol–water partition coefficient (Wildman–Crippen LogP) is 3.53. The number of pyridine rings is 1. The van der Waals surface area contributed by atoms with Gasteiger partial charge in [-0.3, -0.25) is 19.5 Å². The molecule has 37 heavy (non-hydrogen) atoms. The molecule has 1 aliphatic heterocycles. The molecule has 5 rings (SSSR count). The highest BCUT2D eigenvalue weighted by Gasteiger charge is 2.48. The number of rotatable bonds is 7. The quantitative estimate of drug-likeness (QED) is 0.314. The summed E-state index contributed by atoms with van der Waals surface area (Å²) in [6.45, 7) is 3.91. The van der Waals surface area contributed by atoms with E-state index in [2.05, 4.69) is 5.10 Å². The van der Waals surface area contributed by atoms with E-state index in [1.807, 2.05) is 50.4 Å². The molecule has 8 heteroatoms. The molecule has 0 atom stereocenters. The van der Waals surface area contributed by atoms with Crippen molar-refractivity contribution in [1.29, 1.82) is 0 Å². The van der Waals surface area contributed by atoms with Crippen LogP contribution in [0.1, 0.15) is 30.7 Å². The third kappa shape index (κ3) is 4.06. The van der Waals surface area contributed by atoms with Gasteiger partial charge in [0.1, 0.15) is 11.3 Å². The van der Waals surface area contributed by atoms with Crippen LogP contribution in [0, 0.1) is 0 Å². The number of imide groups is 1. The number of nitrogens with one attached hydrogen (secondary N) is 1. The van der Waals surface area contributed by atoms with Crippen LogP contribution in [0.25, 0.3) is 17.0 Å². The number of hydrogen-bond acceptors (Lipinski definition) is 4. The lowest BCUT2D eigenvalue weighted by Gasteiger charge is -2.14. The number of aryl methyl sites for hydroxylation is 2. The zero-order valence-corrected chi connectivity index (χ0v) is 20.9. The molecule has 0 spiro atoms. The molecule has 0 aliphatic carbocycles. The fraction of sp³-hybridized carbons (Fsp3) is 0.172. The lowest BCUT2D eigenvalue weighted by molar-refractivity contribution is -0.577. The minimum Gasteiger partial charge on any atom is -0.497 e. The Balaban J connectivity index is 1.76. The van der Waals surface area contributed by atoms with E-state index in [4.69, 9.17) is 4.74 Å². The van der Waals surface area contributed by atoms with Gasteiger partial charge in [0, 0.05) is 17.3 Å². The molecule has 3 heterocycles. The normalized spacial score (nSPS) is 13.5. The first kappa shape index (κ1) is 24.0. The Kier molecular flexibility index (Phi) is 6.31. The van der Waals surface area contributed by atoms with Gasteiger partial charge in [0.05, 0.1) is 24.0 Å². The first-order valence-electron chi connectivity index (χ1n) is 12.2. The minimum absolute atomic E-state index is 0.0758. The number of methoxy groups -OCH3 is 1. The SMILES string of the molecule is CCc1ccc[n+](C2=C(c3c(CC)[nH]n(-c4ccccc4)c3=O)C(=O)N(c3ccc(OC)cc3)C2=O)c1. The van der Waals surface area contributed by atoms with Crippen molar-refractivity contribution >= 4 is 28.8 Å². The fourth-order valence-electron chi connectivity index (χ4n) is 4.58. The Morgan fingerprint density at radius 3 is 2.22 bits per heavy atom. The molecule has 2 amide bonds. The maximum Gasteiger partial charge on any atom is 0.331 e. The van der Waals surface area contributed by atoms with Crippen LogP contribution >= 0.6 is 0 Å². The van der Waals surface area contributed by atoms with E-state index in [1.165, 1.54) is 4.68 Å². The third-order valence-electron chi connectivity index (χ3n) is 6.50. The topological polar surface area (TPSA) is 88.3 Å². The number of carbonyl (C=O) groups is 2. The summed E-state index contributed by atoms with van der Waals surface area (Å²) in [6.07, 6.45) is 4.76. The standard InChI is InChI=1S/C29H26N4O4/c1-4-19-10-9-17-31(18-19)26-25(27(34)32(29(26)36)20-13-15-22(37-3)16-14-20)24-23(5-2)30-33(28(24)35)21-11-7-6-8-12-21/h6-18H,4-5H2,1-3H3/p+1. The zero-order valence-electron chi connectivity index (χ0n) is 20.9. The average Bonchev–Trinajstić information content (AvgIpc) is 3.40. The Morgan fingerprint density at radius 2 is 1.57 bits per heavy atom. The highest BCUT2D eigenvalue weighted by molar-refractivity contribution is 6.53. The Morgan fingerprint density at radius 1 is 0.838 bits per heavy atom. The number of aromatic amines is 1. The van der Waals surface area contributed by atoms with Gasteiger partial charge in [-0.15, -0.1) is 0 Å². The Bertz CT molecular complexity index is 1580. The van der Waals surface area contributed by atoms with Gasteiger partial charge < -0.3 is 4.74 Å². The van der Waals surface area contributed by atoms with E-state index < -0.39 is 11.8 Å². The number of hydrogen-bond donors (Lipinski definition) is 1. The molecule has 0 fully saturated rings. The van der Waals surface area contributed by atoms with Crippen molar-refractivity contribution in [3.05, 3.63) is 106 Å². The summed E-state index contributed by atoms with van der Waals surface area (Å²) in [5.74, 6) is -0.450. The summed E-state index contributed by atoms with van der Waals surface area (Å²) < 4.78 is 8.30. The molecule has 4 aromatic rings. The van der Waals surface area contributed by atoms with Crippen molar-refractivity contribution < 1.29 is 18.9 Å². The van der Waals surface area contributed by atoms with Gasteiger partial charge in [-0.05, 0) is 55.3 Å². The summed E-state index contributed by atoms with van der Waals surface area (Å²) in [6, 6.07) is 19.6. The highest BCUT2D eigenvalue weighted by atomic mass is 16.5. The van der Waals surface area contributed by atoms with Crippen LogP contribution in [0.2, 0.25) is 0 Å². The number of benzene rings is 2. The van der Waals surface area contributed by atoms with Crippen LogP contribution in [0.15, 0.2) is 83.9 Å². The van der Waals surface area contributed by atoms with Gasteiger partial charge in [-0.2, -0.15) is 4.57 Å². The number of carbonyl (C=O) groups excluding carboxylic acids is 2. The van der Waals surface area contributed by atoms with Crippen LogP contribution in [-0.2, 0) is 22.4 Å². The molecule has 0 unspecified atom stereocenters. The molecule has 0 bridgehead atoms. The lowest BCUT2D eigenvalue weighted by atomic mass is 10.0. The molecule has 1 aliphatic rings. The summed E-state index contributed by atoms with van der Waals surface area (Å²) in [7, 11) is 1.55.